The lowest BCUT2D eigenvalue weighted by Gasteiger charge is -2.09. The molecule has 0 unspecified atom stereocenters. The van der Waals surface area contributed by atoms with E-state index in [1.54, 1.807) is 42.7 Å². The number of hydrogen-bond donors (Lipinski definition) is 2. The molecule has 2 aromatic carbocycles. The van der Waals surface area contributed by atoms with Crippen LogP contribution in [-0.2, 0) is 4.79 Å². The number of aromatic nitrogens is 3. The van der Waals surface area contributed by atoms with Gasteiger partial charge in [-0.3, -0.25) is 25.0 Å². The Hall–Kier alpha value is -3.85. The molecule has 2 aromatic heterocycles. The standard InChI is InChI=1S/C21H17N5O3S/c27-18(22-24-20(28)15-8-3-1-4-9-15)14-30-21-25-23-19(17-12-7-13-29-17)26(21)16-10-5-2-6-11-16/h1-13H,14H2,(H,22,27)(H,24,28). The number of benzene rings is 2. The van der Waals surface area contributed by atoms with Gasteiger partial charge in [0.2, 0.25) is 11.7 Å². The van der Waals surface area contributed by atoms with E-state index in [-0.39, 0.29) is 17.6 Å². The first-order valence-electron chi connectivity index (χ1n) is 9.04. The summed E-state index contributed by atoms with van der Waals surface area (Å²) in [6.07, 6.45) is 1.56. The Morgan fingerprint density at radius 2 is 1.63 bits per heavy atom. The average Bonchev–Trinajstić information content (AvgIpc) is 3.47. The lowest BCUT2D eigenvalue weighted by molar-refractivity contribution is -0.119. The molecule has 2 amide bonds. The van der Waals surface area contributed by atoms with Crippen LogP contribution >= 0.6 is 11.8 Å². The highest BCUT2D eigenvalue weighted by molar-refractivity contribution is 7.99. The van der Waals surface area contributed by atoms with Crippen LogP contribution in [0, 0.1) is 0 Å². The summed E-state index contributed by atoms with van der Waals surface area (Å²) < 4.78 is 7.29. The van der Waals surface area contributed by atoms with Crippen molar-refractivity contribution in [1.29, 1.82) is 0 Å². The molecule has 0 fully saturated rings. The molecule has 0 spiro atoms. The van der Waals surface area contributed by atoms with Gasteiger partial charge in [-0.25, -0.2) is 0 Å². The van der Waals surface area contributed by atoms with E-state index in [9.17, 15) is 9.59 Å². The second-order valence-electron chi connectivity index (χ2n) is 6.11. The summed E-state index contributed by atoms with van der Waals surface area (Å²) in [6.45, 7) is 0. The largest absolute Gasteiger partial charge is 0.461 e. The van der Waals surface area contributed by atoms with Gasteiger partial charge in [0.15, 0.2) is 10.9 Å². The Morgan fingerprint density at radius 1 is 0.900 bits per heavy atom. The molecule has 0 bridgehead atoms. The van der Waals surface area contributed by atoms with E-state index in [0.717, 1.165) is 5.69 Å². The molecule has 0 saturated carbocycles. The second kappa shape index (κ2) is 9.10. The molecule has 9 heteroatoms. The Balaban J connectivity index is 1.44. The van der Waals surface area contributed by atoms with Crippen molar-refractivity contribution < 1.29 is 14.0 Å². The van der Waals surface area contributed by atoms with E-state index in [1.807, 2.05) is 41.0 Å². The SMILES string of the molecule is O=C(CSc1nnc(-c2ccco2)n1-c1ccccc1)NNC(=O)c1ccccc1. The van der Waals surface area contributed by atoms with Crippen LogP contribution in [0.4, 0.5) is 0 Å². The highest BCUT2D eigenvalue weighted by atomic mass is 32.2. The lowest BCUT2D eigenvalue weighted by atomic mass is 10.2. The highest BCUT2D eigenvalue weighted by Crippen LogP contribution is 2.27. The van der Waals surface area contributed by atoms with E-state index in [2.05, 4.69) is 21.0 Å². The van der Waals surface area contributed by atoms with Gasteiger partial charge in [-0.15, -0.1) is 10.2 Å². The summed E-state index contributed by atoms with van der Waals surface area (Å²) in [4.78, 5) is 24.2. The van der Waals surface area contributed by atoms with Crippen LogP contribution in [0.5, 0.6) is 0 Å². The fourth-order valence-corrected chi connectivity index (χ4v) is 3.44. The van der Waals surface area contributed by atoms with Crippen LogP contribution in [0.1, 0.15) is 10.4 Å². The summed E-state index contributed by atoms with van der Waals surface area (Å²) in [5.41, 5.74) is 6.11. The minimum Gasteiger partial charge on any atom is -0.461 e. The number of hydrogen-bond acceptors (Lipinski definition) is 6. The molecule has 0 saturated heterocycles. The molecular formula is C21H17N5O3S. The lowest BCUT2D eigenvalue weighted by Crippen LogP contribution is -2.42. The number of carbonyl (C=O) groups is 2. The molecule has 8 nitrogen and oxygen atoms in total. The minimum absolute atomic E-state index is 0.0399. The molecule has 0 aliphatic rings. The zero-order chi connectivity index (χ0) is 20.8. The number of rotatable bonds is 6. The van der Waals surface area contributed by atoms with Gasteiger partial charge in [-0.1, -0.05) is 48.2 Å². The number of nitrogens with zero attached hydrogens (tertiary/aromatic N) is 3. The molecule has 4 rings (SSSR count). The first kappa shape index (κ1) is 19.5. The topological polar surface area (TPSA) is 102 Å². The predicted octanol–water partition coefficient (Wildman–Crippen LogP) is 3.08. The third-order valence-electron chi connectivity index (χ3n) is 4.07. The zero-order valence-electron chi connectivity index (χ0n) is 15.7. The number of carbonyl (C=O) groups excluding carboxylic acids is 2. The van der Waals surface area contributed by atoms with Gasteiger partial charge in [-0.2, -0.15) is 0 Å². The molecule has 0 atom stereocenters. The van der Waals surface area contributed by atoms with Gasteiger partial charge in [0.05, 0.1) is 12.0 Å². The molecule has 0 radical (unpaired) electrons. The summed E-state index contributed by atoms with van der Waals surface area (Å²) >= 11 is 1.20. The van der Waals surface area contributed by atoms with Crippen LogP contribution in [-0.4, -0.2) is 32.3 Å². The van der Waals surface area contributed by atoms with Crippen molar-refractivity contribution in [2.45, 2.75) is 5.16 Å². The van der Waals surface area contributed by atoms with Crippen LogP contribution in [0.25, 0.3) is 17.3 Å². The Kier molecular flexibility index (Phi) is 5.90. The van der Waals surface area contributed by atoms with Crippen molar-refractivity contribution >= 4 is 23.6 Å². The maximum Gasteiger partial charge on any atom is 0.269 e. The van der Waals surface area contributed by atoms with Gasteiger partial charge in [-0.05, 0) is 36.4 Å². The minimum atomic E-state index is -0.387. The third-order valence-corrected chi connectivity index (χ3v) is 5.00. The molecule has 0 aliphatic carbocycles. The van der Waals surface area contributed by atoms with Crippen molar-refractivity contribution in [3.8, 4) is 17.3 Å². The number of nitrogens with one attached hydrogen (secondary N) is 2. The third kappa shape index (κ3) is 4.41. The molecule has 150 valence electrons. The van der Waals surface area contributed by atoms with E-state index in [1.165, 1.54) is 11.8 Å². The van der Waals surface area contributed by atoms with E-state index < -0.39 is 0 Å². The van der Waals surface area contributed by atoms with E-state index in [0.29, 0.717) is 22.3 Å². The van der Waals surface area contributed by atoms with Gasteiger partial charge >= 0.3 is 0 Å². The molecule has 4 aromatic rings. The number of hydrazine groups is 1. The van der Waals surface area contributed by atoms with Crippen LogP contribution in [0.15, 0.2) is 88.6 Å². The number of furan rings is 1. The van der Waals surface area contributed by atoms with Crippen molar-refractivity contribution in [1.82, 2.24) is 25.6 Å². The second-order valence-corrected chi connectivity index (χ2v) is 7.05. The van der Waals surface area contributed by atoms with Gasteiger partial charge in [0, 0.05) is 11.3 Å². The molecule has 2 N–H and O–H groups in total. The number of amides is 2. The maximum atomic E-state index is 12.2. The van der Waals surface area contributed by atoms with Gasteiger partial charge in [0.1, 0.15) is 0 Å². The molecule has 30 heavy (non-hydrogen) atoms. The van der Waals surface area contributed by atoms with Crippen molar-refractivity contribution in [2.75, 3.05) is 5.75 Å². The molecule has 2 heterocycles. The summed E-state index contributed by atoms with van der Waals surface area (Å²) in [5, 5.41) is 8.96. The Morgan fingerprint density at radius 3 is 2.33 bits per heavy atom. The predicted molar refractivity (Wildman–Crippen MR) is 112 cm³/mol. The Bertz CT molecular complexity index is 1130. The fraction of sp³-hybridized carbons (Fsp3) is 0.0476. The zero-order valence-corrected chi connectivity index (χ0v) is 16.5. The average molecular weight is 419 g/mol. The fourth-order valence-electron chi connectivity index (χ4n) is 2.69. The quantitative estimate of drug-likeness (QED) is 0.368. The summed E-state index contributed by atoms with van der Waals surface area (Å²) in [6, 6.07) is 21.8. The molecule has 0 aliphatic heterocycles. The number of thioether (sulfide) groups is 1. The van der Waals surface area contributed by atoms with Crippen LogP contribution in [0.3, 0.4) is 0 Å². The van der Waals surface area contributed by atoms with E-state index >= 15 is 0 Å². The van der Waals surface area contributed by atoms with Gasteiger partial charge < -0.3 is 4.42 Å². The maximum absolute atomic E-state index is 12.2. The molecular weight excluding hydrogens is 402 g/mol. The van der Waals surface area contributed by atoms with E-state index in [4.69, 9.17) is 4.42 Å². The normalized spacial score (nSPS) is 10.5. The van der Waals surface area contributed by atoms with Crippen molar-refractivity contribution in [2.24, 2.45) is 0 Å². The summed E-state index contributed by atoms with van der Waals surface area (Å²) in [5.74, 6) is 0.385. The Labute approximate surface area is 176 Å². The van der Waals surface area contributed by atoms with Crippen LogP contribution < -0.4 is 10.9 Å². The van der Waals surface area contributed by atoms with Gasteiger partial charge in [0.25, 0.3) is 5.91 Å². The van der Waals surface area contributed by atoms with Crippen molar-refractivity contribution in [3.63, 3.8) is 0 Å². The first-order valence-corrected chi connectivity index (χ1v) is 10.0. The smallest absolute Gasteiger partial charge is 0.269 e. The van der Waals surface area contributed by atoms with Crippen molar-refractivity contribution in [3.05, 3.63) is 84.6 Å². The highest BCUT2D eigenvalue weighted by Gasteiger charge is 2.19. The monoisotopic (exact) mass is 419 g/mol. The summed E-state index contributed by atoms with van der Waals surface area (Å²) in [7, 11) is 0. The van der Waals surface area contributed by atoms with Crippen LogP contribution in [0.2, 0.25) is 0 Å². The first-order chi connectivity index (χ1) is 14.7. The number of para-hydroxylation sites is 1.